The molecule has 0 spiro atoms. The Morgan fingerprint density at radius 1 is 0.947 bits per heavy atom. The van der Waals surface area contributed by atoms with E-state index in [2.05, 4.69) is 30.5 Å². The van der Waals surface area contributed by atoms with Gasteiger partial charge < -0.3 is 5.73 Å². The number of halogens is 6. The standard InChI is InChI=1S/C24H25F6N7O/c1-10-18(37-36-17-8-15(23(25,26)27)7-16(9-17)24(28,29)30)20(38)34-22(32-10)35-21(31)33-19-13-3-11-2-12(5-13)6-14(19)4-11/h7-9,11-14,19H,2-6H2,1H3,(H4,31,32,33,34,35,38). The molecule has 0 aliphatic heterocycles. The van der Waals surface area contributed by atoms with E-state index in [4.69, 9.17) is 5.73 Å². The number of benzene rings is 1. The lowest BCUT2D eigenvalue weighted by Gasteiger charge is -2.53. The van der Waals surface area contributed by atoms with Crippen molar-refractivity contribution in [3.8, 4) is 0 Å². The average molecular weight is 542 g/mol. The van der Waals surface area contributed by atoms with Gasteiger partial charge in [-0.05, 0) is 80.9 Å². The van der Waals surface area contributed by atoms with Crippen LogP contribution in [-0.4, -0.2) is 22.0 Å². The van der Waals surface area contributed by atoms with Crippen LogP contribution in [-0.2, 0) is 12.4 Å². The summed E-state index contributed by atoms with van der Waals surface area (Å²) in [7, 11) is 0. The third-order valence-electron chi connectivity index (χ3n) is 7.62. The van der Waals surface area contributed by atoms with Crippen molar-refractivity contribution in [1.29, 1.82) is 0 Å². The van der Waals surface area contributed by atoms with Crippen molar-refractivity contribution in [3.05, 3.63) is 45.4 Å². The summed E-state index contributed by atoms with van der Waals surface area (Å²) in [6, 6.07) is 0.916. The van der Waals surface area contributed by atoms with Gasteiger partial charge in [0.2, 0.25) is 5.95 Å². The van der Waals surface area contributed by atoms with Crippen LogP contribution < -0.4 is 16.6 Å². The number of aromatic amines is 1. The van der Waals surface area contributed by atoms with Gasteiger partial charge in [0, 0.05) is 0 Å². The number of aromatic nitrogens is 2. The van der Waals surface area contributed by atoms with Gasteiger partial charge in [0.25, 0.3) is 5.56 Å². The minimum atomic E-state index is -5.04. The van der Waals surface area contributed by atoms with Crippen LogP contribution in [0.15, 0.2) is 38.2 Å². The van der Waals surface area contributed by atoms with Crippen molar-refractivity contribution in [2.75, 3.05) is 5.32 Å². The highest BCUT2D eigenvalue weighted by molar-refractivity contribution is 5.90. The molecule has 4 fully saturated rings. The van der Waals surface area contributed by atoms with Gasteiger partial charge in [-0.1, -0.05) is 0 Å². The molecule has 1 aromatic carbocycles. The Morgan fingerprint density at radius 2 is 1.50 bits per heavy atom. The van der Waals surface area contributed by atoms with Gasteiger partial charge in [0.05, 0.1) is 28.6 Å². The summed E-state index contributed by atoms with van der Waals surface area (Å²) in [5.74, 6) is 2.62. The first-order valence-electron chi connectivity index (χ1n) is 12.2. The lowest BCUT2D eigenvalue weighted by molar-refractivity contribution is -0.143. The molecule has 4 aliphatic carbocycles. The number of nitrogens with one attached hydrogen (secondary N) is 2. The summed E-state index contributed by atoms with van der Waals surface area (Å²) in [6.45, 7) is 1.40. The van der Waals surface area contributed by atoms with Gasteiger partial charge in [-0.15, -0.1) is 5.11 Å². The van der Waals surface area contributed by atoms with E-state index in [-0.39, 0.29) is 35.4 Å². The fourth-order valence-electron chi connectivity index (χ4n) is 6.28. The highest BCUT2D eigenvalue weighted by Crippen LogP contribution is 2.54. The number of guanidine groups is 1. The molecule has 0 amide bonds. The van der Waals surface area contributed by atoms with Gasteiger partial charge in [0.1, 0.15) is 0 Å². The van der Waals surface area contributed by atoms with Gasteiger partial charge in [-0.2, -0.15) is 31.5 Å². The molecule has 38 heavy (non-hydrogen) atoms. The molecule has 4 N–H and O–H groups in total. The maximum atomic E-state index is 13.1. The van der Waals surface area contributed by atoms with Gasteiger partial charge >= 0.3 is 12.4 Å². The van der Waals surface area contributed by atoms with Gasteiger partial charge in [0.15, 0.2) is 11.6 Å². The second kappa shape index (κ2) is 9.38. The fraction of sp³-hybridized carbons (Fsp3) is 0.542. The van der Waals surface area contributed by atoms with E-state index in [1.54, 1.807) is 0 Å². The lowest BCUT2D eigenvalue weighted by atomic mass is 9.54. The molecule has 0 unspecified atom stereocenters. The van der Waals surface area contributed by atoms with Crippen molar-refractivity contribution in [2.24, 2.45) is 44.6 Å². The Hall–Kier alpha value is -3.45. The molecular formula is C24H25F6N7O. The minimum absolute atomic E-state index is 0.0186. The van der Waals surface area contributed by atoms with E-state index in [0.717, 1.165) is 37.5 Å². The molecule has 14 heteroatoms. The normalized spacial score (nSPS) is 27.3. The van der Waals surface area contributed by atoms with E-state index in [1.165, 1.54) is 13.3 Å². The summed E-state index contributed by atoms with van der Waals surface area (Å²) < 4.78 is 78.5. The van der Waals surface area contributed by atoms with Gasteiger partial charge in [-0.25, -0.2) is 9.98 Å². The maximum Gasteiger partial charge on any atom is 0.416 e. The first-order chi connectivity index (χ1) is 17.8. The number of azo groups is 1. The number of aryl methyl sites for hydroxylation is 1. The molecule has 1 aromatic heterocycles. The Bertz CT molecular complexity index is 1290. The number of anilines is 1. The number of nitrogens with zero attached hydrogens (tertiary/aromatic N) is 4. The van der Waals surface area contributed by atoms with Crippen LogP contribution in [0.25, 0.3) is 0 Å². The third-order valence-corrected chi connectivity index (χ3v) is 7.62. The van der Waals surface area contributed by atoms with Crippen LogP contribution in [0, 0.1) is 30.6 Å². The van der Waals surface area contributed by atoms with Crippen LogP contribution in [0.4, 0.5) is 43.7 Å². The van der Waals surface area contributed by atoms with E-state index < -0.39 is 34.7 Å². The minimum Gasteiger partial charge on any atom is -0.370 e. The largest absolute Gasteiger partial charge is 0.416 e. The number of alkyl halides is 6. The van der Waals surface area contributed by atoms with Crippen LogP contribution in [0.1, 0.15) is 48.9 Å². The van der Waals surface area contributed by atoms with E-state index in [9.17, 15) is 31.1 Å². The monoisotopic (exact) mass is 541 g/mol. The molecule has 0 radical (unpaired) electrons. The summed E-state index contributed by atoms with van der Waals surface area (Å²) in [5, 5.41) is 9.80. The Kier molecular flexibility index (Phi) is 6.46. The molecule has 8 nitrogen and oxygen atoms in total. The molecule has 4 aliphatic rings. The number of rotatable bonds is 4. The average Bonchev–Trinajstić information content (AvgIpc) is 2.79. The number of nitrogens with two attached hydrogens (primary N) is 1. The summed E-state index contributed by atoms with van der Waals surface area (Å²) in [4.78, 5) is 23.8. The highest BCUT2D eigenvalue weighted by Gasteiger charge is 2.48. The second-order valence-corrected chi connectivity index (χ2v) is 10.4. The predicted octanol–water partition coefficient (Wildman–Crippen LogP) is 6.08. The lowest BCUT2D eigenvalue weighted by Crippen LogP contribution is -2.48. The van der Waals surface area contributed by atoms with Crippen molar-refractivity contribution in [1.82, 2.24) is 9.97 Å². The van der Waals surface area contributed by atoms with Crippen molar-refractivity contribution in [3.63, 3.8) is 0 Å². The molecule has 6 rings (SSSR count). The molecule has 0 saturated heterocycles. The fourth-order valence-corrected chi connectivity index (χ4v) is 6.28. The summed E-state index contributed by atoms with van der Waals surface area (Å²) in [5.41, 5.74) is 1.15. The zero-order valence-electron chi connectivity index (χ0n) is 20.2. The molecular weight excluding hydrogens is 516 g/mol. The van der Waals surface area contributed by atoms with E-state index in [0.29, 0.717) is 24.0 Å². The van der Waals surface area contributed by atoms with Crippen LogP contribution >= 0.6 is 0 Å². The molecule has 4 saturated carbocycles. The Balaban J connectivity index is 1.35. The SMILES string of the molecule is Cc1nc(NC(N)=NC2C3CC4CC(C3)CC2C4)[nH]c(=O)c1N=Nc1cc(C(F)(F)F)cc(C(F)(F)F)c1. The Labute approximate surface area is 212 Å². The van der Waals surface area contributed by atoms with Crippen LogP contribution in [0.5, 0.6) is 0 Å². The molecule has 204 valence electrons. The van der Waals surface area contributed by atoms with Crippen molar-refractivity contribution in [2.45, 2.75) is 57.4 Å². The molecule has 0 atom stereocenters. The first-order valence-corrected chi connectivity index (χ1v) is 12.2. The quantitative estimate of drug-likeness (QED) is 0.188. The molecule has 1 heterocycles. The number of hydrogen-bond acceptors (Lipinski definition) is 5. The number of H-pyrrole nitrogens is 1. The van der Waals surface area contributed by atoms with Crippen molar-refractivity contribution < 1.29 is 26.3 Å². The van der Waals surface area contributed by atoms with Crippen LogP contribution in [0.3, 0.4) is 0 Å². The van der Waals surface area contributed by atoms with Crippen LogP contribution in [0.2, 0.25) is 0 Å². The van der Waals surface area contributed by atoms with E-state index >= 15 is 0 Å². The maximum absolute atomic E-state index is 13.1. The highest BCUT2D eigenvalue weighted by atomic mass is 19.4. The van der Waals surface area contributed by atoms with Gasteiger partial charge in [-0.3, -0.25) is 15.1 Å². The van der Waals surface area contributed by atoms with E-state index in [1.807, 2.05) is 0 Å². The second-order valence-electron chi connectivity index (χ2n) is 10.4. The summed E-state index contributed by atoms with van der Waals surface area (Å²) in [6.07, 6.45) is -4.16. The third kappa shape index (κ3) is 5.39. The topological polar surface area (TPSA) is 121 Å². The summed E-state index contributed by atoms with van der Waals surface area (Å²) >= 11 is 0. The molecule has 2 aromatic rings. The number of aliphatic imine (C=N–C) groups is 1. The number of hydrogen-bond donors (Lipinski definition) is 3. The zero-order valence-corrected chi connectivity index (χ0v) is 20.2. The predicted molar refractivity (Wildman–Crippen MR) is 126 cm³/mol. The zero-order chi connectivity index (χ0) is 27.4. The Morgan fingerprint density at radius 3 is 2.00 bits per heavy atom. The smallest absolute Gasteiger partial charge is 0.370 e. The van der Waals surface area contributed by atoms with Crippen molar-refractivity contribution >= 4 is 23.3 Å². The first kappa shape index (κ1) is 26.2. The molecule has 4 bridgehead atoms.